The quantitative estimate of drug-likeness (QED) is 0.938. The summed E-state index contributed by atoms with van der Waals surface area (Å²) in [5.74, 6) is 1.75. The first-order valence-electron chi connectivity index (χ1n) is 7.25. The van der Waals surface area contributed by atoms with Gasteiger partial charge in [0.15, 0.2) is 11.5 Å². The molecule has 0 spiro atoms. The Morgan fingerprint density at radius 1 is 1.36 bits per heavy atom. The van der Waals surface area contributed by atoms with Gasteiger partial charge in [0, 0.05) is 30.4 Å². The van der Waals surface area contributed by atoms with E-state index in [4.69, 9.17) is 9.47 Å². The number of benzene rings is 1. The van der Waals surface area contributed by atoms with Crippen LogP contribution in [0.2, 0.25) is 0 Å². The molecule has 5 nitrogen and oxygen atoms in total. The molecule has 22 heavy (non-hydrogen) atoms. The van der Waals surface area contributed by atoms with Gasteiger partial charge in [0.2, 0.25) is 0 Å². The number of rotatable bonds is 4. The molecule has 1 amide bonds. The van der Waals surface area contributed by atoms with Crippen molar-refractivity contribution in [1.29, 1.82) is 0 Å². The highest BCUT2D eigenvalue weighted by molar-refractivity contribution is 5.93. The Kier molecular flexibility index (Phi) is 4.23. The molecule has 0 radical (unpaired) electrons. The molecule has 1 atom stereocenters. The Morgan fingerprint density at radius 2 is 2.18 bits per heavy atom. The molecule has 1 aliphatic heterocycles. The summed E-state index contributed by atoms with van der Waals surface area (Å²) < 4.78 is 11.1. The van der Waals surface area contributed by atoms with Crippen LogP contribution in [0.25, 0.3) is 0 Å². The smallest absolute Gasteiger partial charge is 0.251 e. The SMILES string of the molecule is COc1cccc2c1OC[C@H](CNC(=O)c1ccncc1)C2. The van der Waals surface area contributed by atoms with Crippen LogP contribution < -0.4 is 14.8 Å². The van der Waals surface area contributed by atoms with E-state index >= 15 is 0 Å². The van der Waals surface area contributed by atoms with Gasteiger partial charge in [-0.2, -0.15) is 0 Å². The van der Waals surface area contributed by atoms with Gasteiger partial charge in [-0.3, -0.25) is 9.78 Å². The maximum Gasteiger partial charge on any atom is 0.251 e. The van der Waals surface area contributed by atoms with Crippen LogP contribution in [-0.4, -0.2) is 31.2 Å². The van der Waals surface area contributed by atoms with Gasteiger partial charge < -0.3 is 14.8 Å². The van der Waals surface area contributed by atoms with Gasteiger partial charge in [0.05, 0.1) is 13.7 Å². The molecule has 1 aromatic heterocycles. The minimum atomic E-state index is -0.0844. The molecular weight excluding hydrogens is 280 g/mol. The molecule has 1 N–H and O–H groups in total. The summed E-state index contributed by atoms with van der Waals surface area (Å²) in [4.78, 5) is 15.9. The van der Waals surface area contributed by atoms with E-state index in [0.717, 1.165) is 23.5 Å². The van der Waals surface area contributed by atoms with Crippen LogP contribution in [0, 0.1) is 5.92 Å². The molecule has 5 heteroatoms. The van der Waals surface area contributed by atoms with Gasteiger partial charge in [-0.1, -0.05) is 12.1 Å². The third-order valence-electron chi connectivity index (χ3n) is 3.75. The molecule has 2 heterocycles. The van der Waals surface area contributed by atoms with Gasteiger partial charge in [-0.15, -0.1) is 0 Å². The van der Waals surface area contributed by atoms with Crippen LogP contribution in [0.15, 0.2) is 42.7 Å². The zero-order valence-corrected chi connectivity index (χ0v) is 12.4. The largest absolute Gasteiger partial charge is 0.493 e. The number of methoxy groups -OCH3 is 1. The molecule has 3 rings (SSSR count). The van der Waals surface area contributed by atoms with E-state index < -0.39 is 0 Å². The second-order valence-electron chi connectivity index (χ2n) is 5.28. The molecular formula is C17H18N2O3. The van der Waals surface area contributed by atoms with Crippen molar-refractivity contribution in [2.24, 2.45) is 5.92 Å². The first-order chi connectivity index (χ1) is 10.8. The first-order valence-corrected chi connectivity index (χ1v) is 7.25. The fraction of sp³-hybridized carbons (Fsp3) is 0.294. The van der Waals surface area contributed by atoms with Gasteiger partial charge >= 0.3 is 0 Å². The molecule has 0 unspecified atom stereocenters. The van der Waals surface area contributed by atoms with Gasteiger partial charge in [-0.25, -0.2) is 0 Å². The molecule has 1 aliphatic rings. The average molecular weight is 298 g/mol. The zero-order chi connectivity index (χ0) is 15.4. The predicted molar refractivity (Wildman–Crippen MR) is 82.3 cm³/mol. The van der Waals surface area contributed by atoms with E-state index in [1.165, 1.54) is 0 Å². The van der Waals surface area contributed by atoms with Crippen LogP contribution in [0.3, 0.4) is 0 Å². The minimum Gasteiger partial charge on any atom is -0.493 e. The monoisotopic (exact) mass is 298 g/mol. The summed E-state index contributed by atoms with van der Waals surface area (Å²) in [5.41, 5.74) is 1.74. The van der Waals surface area contributed by atoms with E-state index in [0.29, 0.717) is 18.7 Å². The molecule has 0 saturated carbocycles. The van der Waals surface area contributed by atoms with Crippen molar-refractivity contribution in [2.45, 2.75) is 6.42 Å². The number of fused-ring (bicyclic) bond motifs is 1. The lowest BCUT2D eigenvalue weighted by Gasteiger charge is -2.26. The highest BCUT2D eigenvalue weighted by Gasteiger charge is 2.23. The van der Waals surface area contributed by atoms with Crippen molar-refractivity contribution >= 4 is 5.91 Å². The van der Waals surface area contributed by atoms with Crippen molar-refractivity contribution in [1.82, 2.24) is 10.3 Å². The van der Waals surface area contributed by atoms with Gasteiger partial charge in [-0.05, 0) is 30.2 Å². The first kappa shape index (κ1) is 14.4. The lowest BCUT2D eigenvalue weighted by Crippen LogP contribution is -2.34. The highest BCUT2D eigenvalue weighted by Crippen LogP contribution is 2.35. The molecule has 0 bridgehead atoms. The fourth-order valence-corrected chi connectivity index (χ4v) is 2.59. The summed E-state index contributed by atoms with van der Waals surface area (Å²) in [5, 5.41) is 2.95. The third kappa shape index (κ3) is 3.03. The topological polar surface area (TPSA) is 60.5 Å². The lowest BCUT2D eigenvalue weighted by atomic mass is 9.96. The summed E-state index contributed by atoms with van der Waals surface area (Å²) in [6.45, 7) is 1.15. The van der Waals surface area contributed by atoms with Gasteiger partial charge in [0.1, 0.15) is 0 Å². The maximum atomic E-state index is 12.0. The van der Waals surface area contributed by atoms with Crippen LogP contribution in [-0.2, 0) is 6.42 Å². The Labute approximate surface area is 129 Å². The summed E-state index contributed by atoms with van der Waals surface area (Å²) in [6.07, 6.45) is 4.09. The average Bonchev–Trinajstić information content (AvgIpc) is 2.59. The molecule has 2 aromatic rings. The molecule has 0 fully saturated rings. The van der Waals surface area contributed by atoms with E-state index in [9.17, 15) is 4.79 Å². The summed E-state index contributed by atoms with van der Waals surface area (Å²) in [7, 11) is 1.64. The van der Waals surface area contributed by atoms with Gasteiger partial charge in [0.25, 0.3) is 5.91 Å². The highest BCUT2D eigenvalue weighted by atomic mass is 16.5. The Morgan fingerprint density at radius 3 is 2.95 bits per heavy atom. The normalized spacial score (nSPS) is 16.3. The number of hydrogen-bond donors (Lipinski definition) is 1. The van der Waals surface area contributed by atoms with E-state index in [1.807, 2.05) is 18.2 Å². The minimum absolute atomic E-state index is 0.0844. The number of hydrogen-bond acceptors (Lipinski definition) is 4. The number of amides is 1. The Bertz CT molecular complexity index is 658. The number of para-hydroxylation sites is 1. The third-order valence-corrected chi connectivity index (χ3v) is 3.75. The molecule has 1 aromatic carbocycles. The van der Waals surface area contributed by atoms with Crippen LogP contribution in [0.4, 0.5) is 0 Å². The predicted octanol–water partition coefficient (Wildman–Crippen LogP) is 2.07. The van der Waals surface area contributed by atoms with Crippen LogP contribution in [0.1, 0.15) is 15.9 Å². The summed E-state index contributed by atoms with van der Waals surface area (Å²) >= 11 is 0. The van der Waals surface area contributed by atoms with Crippen molar-refractivity contribution in [2.75, 3.05) is 20.3 Å². The number of pyridine rings is 1. The van der Waals surface area contributed by atoms with Crippen LogP contribution >= 0.6 is 0 Å². The molecule has 0 saturated heterocycles. The Hall–Kier alpha value is -2.56. The molecule has 114 valence electrons. The second-order valence-corrected chi connectivity index (χ2v) is 5.28. The van der Waals surface area contributed by atoms with Crippen molar-refractivity contribution in [3.63, 3.8) is 0 Å². The number of nitrogens with one attached hydrogen (secondary N) is 1. The number of ether oxygens (including phenoxy) is 2. The van der Waals surface area contributed by atoms with E-state index in [1.54, 1.807) is 31.6 Å². The number of carbonyl (C=O) groups is 1. The number of nitrogens with zero attached hydrogens (tertiary/aromatic N) is 1. The number of carbonyl (C=O) groups excluding carboxylic acids is 1. The zero-order valence-electron chi connectivity index (χ0n) is 12.4. The van der Waals surface area contributed by atoms with Crippen molar-refractivity contribution in [3.05, 3.63) is 53.9 Å². The number of aromatic nitrogens is 1. The maximum absolute atomic E-state index is 12.0. The standard InChI is InChI=1S/C17H18N2O3/c1-21-15-4-2-3-14-9-12(11-22-16(14)15)10-19-17(20)13-5-7-18-8-6-13/h2-8,12H,9-11H2,1H3,(H,19,20)/t12-/m0/s1. The Balaban J connectivity index is 1.60. The van der Waals surface area contributed by atoms with Crippen molar-refractivity contribution in [3.8, 4) is 11.5 Å². The van der Waals surface area contributed by atoms with Crippen LogP contribution in [0.5, 0.6) is 11.5 Å². The van der Waals surface area contributed by atoms with Crippen molar-refractivity contribution < 1.29 is 14.3 Å². The fourth-order valence-electron chi connectivity index (χ4n) is 2.59. The lowest BCUT2D eigenvalue weighted by molar-refractivity contribution is 0.0938. The van der Waals surface area contributed by atoms with E-state index in [2.05, 4.69) is 10.3 Å². The molecule has 0 aliphatic carbocycles. The summed E-state index contributed by atoms with van der Waals surface area (Å²) in [6, 6.07) is 9.29. The van der Waals surface area contributed by atoms with E-state index in [-0.39, 0.29) is 11.8 Å². The second kappa shape index (κ2) is 6.47.